The molecule has 194 valence electrons. The molecule has 1 unspecified atom stereocenters. The van der Waals surface area contributed by atoms with Crippen molar-refractivity contribution >= 4 is 21.7 Å². The van der Waals surface area contributed by atoms with Gasteiger partial charge in [0.1, 0.15) is 19.3 Å². The molecule has 4 bridgehead atoms. The number of hydrogen-bond acceptors (Lipinski definition) is 8. The van der Waals surface area contributed by atoms with Gasteiger partial charge in [0.15, 0.2) is 11.5 Å². The van der Waals surface area contributed by atoms with Crippen LogP contribution >= 0.6 is 0 Å². The van der Waals surface area contributed by atoms with Gasteiger partial charge in [-0.25, -0.2) is 18.1 Å². The zero-order chi connectivity index (χ0) is 26.3. The van der Waals surface area contributed by atoms with E-state index < -0.39 is 16.1 Å². The van der Waals surface area contributed by atoms with Gasteiger partial charge in [0.05, 0.1) is 17.1 Å². The van der Waals surface area contributed by atoms with E-state index >= 15 is 0 Å². The molecule has 0 amide bonds. The van der Waals surface area contributed by atoms with Crippen molar-refractivity contribution < 1.29 is 22.6 Å². The van der Waals surface area contributed by atoms with E-state index in [1.165, 1.54) is 6.07 Å². The van der Waals surface area contributed by atoms with Gasteiger partial charge in [-0.1, -0.05) is 30.3 Å². The molecule has 0 fully saturated rings. The second kappa shape index (κ2) is 9.53. The fraction of sp³-hybridized carbons (Fsp3) is 0.214. The van der Waals surface area contributed by atoms with Gasteiger partial charge in [0.25, 0.3) is 10.0 Å². The van der Waals surface area contributed by atoms with Gasteiger partial charge in [-0.2, -0.15) is 4.98 Å². The van der Waals surface area contributed by atoms with Crippen molar-refractivity contribution in [2.45, 2.75) is 24.8 Å². The van der Waals surface area contributed by atoms with E-state index in [0.717, 1.165) is 22.3 Å². The molecule has 9 nitrogen and oxygen atoms in total. The Labute approximate surface area is 220 Å². The molecular weight excluding hydrogens is 504 g/mol. The summed E-state index contributed by atoms with van der Waals surface area (Å²) in [4.78, 5) is 9.12. The zero-order valence-corrected chi connectivity index (χ0v) is 21.7. The third-order valence-corrected chi connectivity index (χ3v) is 7.83. The molecule has 3 heterocycles. The molecule has 0 saturated heterocycles. The van der Waals surface area contributed by atoms with Crippen LogP contribution in [0.3, 0.4) is 0 Å². The second-order valence-corrected chi connectivity index (χ2v) is 10.9. The highest BCUT2D eigenvalue weighted by Gasteiger charge is 2.24. The molecule has 0 spiro atoms. The number of hydrogen-bond donors (Lipinski definition) is 2. The molecular formula is C28H26N4O5S. The fourth-order valence-corrected chi connectivity index (χ4v) is 5.66. The van der Waals surface area contributed by atoms with Gasteiger partial charge in [0, 0.05) is 17.3 Å². The number of anilines is 2. The van der Waals surface area contributed by atoms with Crippen LogP contribution < -0.4 is 24.2 Å². The summed E-state index contributed by atoms with van der Waals surface area (Å²) in [7, 11) is -3.94. The Morgan fingerprint density at radius 2 is 1.63 bits per heavy atom. The first-order chi connectivity index (χ1) is 18.4. The summed E-state index contributed by atoms with van der Waals surface area (Å²) < 4.78 is 46.9. The maximum Gasteiger partial charge on any atom is 0.264 e. The van der Waals surface area contributed by atoms with Crippen LogP contribution in [0.5, 0.6) is 17.4 Å². The minimum absolute atomic E-state index is 0.0694. The minimum atomic E-state index is -3.94. The van der Waals surface area contributed by atoms with Crippen molar-refractivity contribution in [3.63, 3.8) is 0 Å². The van der Waals surface area contributed by atoms with Crippen molar-refractivity contribution in [3.05, 3.63) is 83.4 Å². The Kier molecular flexibility index (Phi) is 6.03. The molecule has 6 rings (SSSR count). The zero-order valence-electron chi connectivity index (χ0n) is 20.9. The van der Waals surface area contributed by atoms with E-state index in [1.807, 2.05) is 50.2 Å². The third-order valence-electron chi connectivity index (χ3n) is 6.50. The Bertz CT molecular complexity index is 1620. The van der Waals surface area contributed by atoms with Crippen molar-refractivity contribution in [2.24, 2.45) is 0 Å². The normalized spacial score (nSPS) is 17.6. The third kappa shape index (κ3) is 4.70. The number of rotatable bonds is 2. The first-order valence-corrected chi connectivity index (χ1v) is 13.7. The fourth-order valence-electron chi connectivity index (χ4n) is 4.67. The number of nitrogens with zero attached hydrogens (tertiary/aromatic N) is 2. The summed E-state index contributed by atoms with van der Waals surface area (Å²) >= 11 is 0. The molecule has 0 aliphatic carbocycles. The standard InChI is InChI=1S/C28H26N4O5S/c1-17-5-3-6-18(2)27(17)22-15-26-31-28(30-22)32-38(33,34)21-8-4-7-20(14-21)29-16-25(37-26)19-9-10-23-24(13-19)36-12-11-35-23/h3-10,13-15,25,29H,11-12,16H2,1-2H3,(H,30,31,32). The predicted molar refractivity (Wildman–Crippen MR) is 143 cm³/mol. The first-order valence-electron chi connectivity index (χ1n) is 12.2. The van der Waals surface area contributed by atoms with Crippen LogP contribution in [-0.4, -0.2) is 38.1 Å². The van der Waals surface area contributed by atoms with Gasteiger partial charge in [-0.05, 0) is 60.9 Å². The summed E-state index contributed by atoms with van der Waals surface area (Å²) in [5.74, 6) is 1.50. The van der Waals surface area contributed by atoms with Gasteiger partial charge in [-0.15, -0.1) is 0 Å². The maximum absolute atomic E-state index is 13.2. The highest BCUT2D eigenvalue weighted by Crippen LogP contribution is 2.36. The highest BCUT2D eigenvalue weighted by molar-refractivity contribution is 7.92. The molecule has 3 aromatic carbocycles. The number of benzene rings is 3. The number of fused-ring (bicyclic) bond motifs is 5. The van der Waals surface area contributed by atoms with E-state index in [2.05, 4.69) is 20.0 Å². The largest absolute Gasteiger partial charge is 0.486 e. The van der Waals surface area contributed by atoms with Crippen molar-refractivity contribution in [1.82, 2.24) is 9.97 Å². The highest BCUT2D eigenvalue weighted by atomic mass is 32.2. The lowest BCUT2D eigenvalue weighted by molar-refractivity contribution is 0.169. The molecule has 0 radical (unpaired) electrons. The van der Waals surface area contributed by atoms with E-state index in [0.29, 0.717) is 42.6 Å². The molecule has 2 N–H and O–H groups in total. The molecule has 0 saturated carbocycles. The lowest BCUT2D eigenvalue weighted by Crippen LogP contribution is -2.22. The van der Waals surface area contributed by atoms with E-state index in [4.69, 9.17) is 14.2 Å². The monoisotopic (exact) mass is 530 g/mol. The van der Waals surface area contributed by atoms with Crippen molar-refractivity contribution in [1.29, 1.82) is 0 Å². The van der Waals surface area contributed by atoms with Gasteiger partial charge >= 0.3 is 0 Å². The van der Waals surface area contributed by atoms with Gasteiger partial charge in [0.2, 0.25) is 11.8 Å². The average molecular weight is 531 g/mol. The van der Waals surface area contributed by atoms with Gasteiger partial charge < -0.3 is 19.5 Å². The van der Waals surface area contributed by atoms with Crippen LogP contribution in [0.1, 0.15) is 22.8 Å². The first kappa shape index (κ1) is 24.1. The van der Waals surface area contributed by atoms with Crippen molar-refractivity contribution in [3.8, 4) is 28.6 Å². The summed E-state index contributed by atoms with van der Waals surface area (Å²) in [5.41, 5.74) is 4.95. The van der Waals surface area contributed by atoms with Crippen molar-refractivity contribution in [2.75, 3.05) is 29.8 Å². The smallest absolute Gasteiger partial charge is 0.264 e. The quantitative estimate of drug-likeness (QED) is 0.377. The molecule has 38 heavy (non-hydrogen) atoms. The van der Waals surface area contributed by atoms with Crippen LogP contribution in [0, 0.1) is 13.8 Å². The Hall–Kier alpha value is -4.31. The number of ether oxygens (including phenoxy) is 3. The topological polar surface area (TPSA) is 112 Å². The lowest BCUT2D eigenvalue weighted by Gasteiger charge is -2.24. The Morgan fingerprint density at radius 1 is 0.868 bits per heavy atom. The van der Waals surface area contributed by atoms with Crippen LogP contribution in [0.15, 0.2) is 71.6 Å². The summed E-state index contributed by atoms with van der Waals surface area (Å²) in [5, 5.41) is 3.31. The SMILES string of the molecule is Cc1cccc(C)c1-c1cc2nc(n1)NS(=O)(=O)c1cccc(c1)NCC(c1ccc3c(c1)OCCO3)O2. The Balaban J connectivity index is 1.49. The maximum atomic E-state index is 13.2. The van der Waals surface area contributed by atoms with E-state index in [1.54, 1.807) is 24.3 Å². The molecule has 10 heteroatoms. The number of aryl methyl sites for hydroxylation is 2. The Morgan fingerprint density at radius 3 is 2.45 bits per heavy atom. The predicted octanol–water partition coefficient (Wildman–Crippen LogP) is 4.88. The minimum Gasteiger partial charge on any atom is -0.486 e. The van der Waals surface area contributed by atoms with Crippen LogP contribution in [0.25, 0.3) is 11.3 Å². The molecule has 1 aromatic heterocycles. The van der Waals surface area contributed by atoms with E-state index in [-0.39, 0.29) is 16.7 Å². The van der Waals surface area contributed by atoms with Crippen LogP contribution in [0.4, 0.5) is 11.6 Å². The number of nitrogens with one attached hydrogen (secondary N) is 2. The average Bonchev–Trinajstić information content (AvgIpc) is 2.90. The molecule has 2 aliphatic heterocycles. The summed E-state index contributed by atoms with van der Waals surface area (Å²) in [6.07, 6.45) is -0.487. The van der Waals surface area contributed by atoms with E-state index in [9.17, 15) is 8.42 Å². The van der Waals surface area contributed by atoms with Crippen LogP contribution in [-0.2, 0) is 10.0 Å². The number of aromatic nitrogens is 2. The number of sulfonamides is 1. The van der Waals surface area contributed by atoms with Crippen LogP contribution in [0.2, 0.25) is 0 Å². The lowest BCUT2D eigenvalue weighted by atomic mass is 10.00. The molecule has 2 aliphatic rings. The molecule has 4 aromatic rings. The summed E-state index contributed by atoms with van der Waals surface area (Å²) in [6, 6.07) is 20.0. The molecule has 1 atom stereocenters. The second-order valence-electron chi connectivity index (χ2n) is 9.21. The summed E-state index contributed by atoms with van der Waals surface area (Å²) in [6.45, 7) is 5.29. The van der Waals surface area contributed by atoms with Gasteiger partial charge in [-0.3, -0.25) is 0 Å².